The van der Waals surface area contributed by atoms with Gasteiger partial charge in [-0.15, -0.1) is 0 Å². The number of likely N-dealkylation sites (tertiary alicyclic amines) is 1. The third-order valence-corrected chi connectivity index (χ3v) is 4.17. The summed E-state index contributed by atoms with van der Waals surface area (Å²) in [5.74, 6) is 0. The summed E-state index contributed by atoms with van der Waals surface area (Å²) in [5, 5.41) is 4.30. The van der Waals surface area contributed by atoms with Crippen LogP contribution in [0.1, 0.15) is 43.7 Å². The van der Waals surface area contributed by atoms with Gasteiger partial charge in [-0.3, -0.25) is 0 Å². The first kappa shape index (κ1) is 14.3. The van der Waals surface area contributed by atoms with Gasteiger partial charge in [-0.25, -0.2) is 0 Å². The number of nitrogens with zero attached hydrogens (tertiary/aromatic N) is 1. The van der Waals surface area contributed by atoms with Gasteiger partial charge >= 0.3 is 0 Å². The Morgan fingerprint density at radius 2 is 1.95 bits per heavy atom. The Kier molecular flexibility index (Phi) is 4.81. The van der Waals surface area contributed by atoms with Gasteiger partial charge < -0.3 is 10.2 Å². The molecule has 1 aromatic rings. The highest BCUT2D eigenvalue weighted by atomic mass is 32.1. The first-order valence-electron chi connectivity index (χ1n) is 7.26. The number of rotatable bonds is 2. The molecule has 0 saturated carbocycles. The molecule has 1 saturated heterocycles. The van der Waals surface area contributed by atoms with E-state index in [1.807, 2.05) is 0 Å². The van der Waals surface area contributed by atoms with Crippen LogP contribution in [0.15, 0.2) is 18.2 Å². The minimum Gasteiger partial charge on any atom is -0.346 e. The van der Waals surface area contributed by atoms with E-state index >= 15 is 0 Å². The SMILES string of the molecule is CC[C@H]1CCCCN1C(=S)Nc1cc(C)cc(C)c1. The Hall–Kier alpha value is -1.09. The maximum Gasteiger partial charge on any atom is 0.173 e. The van der Waals surface area contributed by atoms with Gasteiger partial charge in [0, 0.05) is 18.3 Å². The molecule has 0 amide bonds. The molecule has 104 valence electrons. The monoisotopic (exact) mass is 276 g/mol. The van der Waals surface area contributed by atoms with Crippen LogP contribution in [-0.4, -0.2) is 22.6 Å². The van der Waals surface area contributed by atoms with E-state index in [4.69, 9.17) is 12.2 Å². The number of anilines is 1. The molecule has 0 bridgehead atoms. The molecule has 0 aromatic heterocycles. The van der Waals surface area contributed by atoms with Crippen LogP contribution < -0.4 is 5.32 Å². The van der Waals surface area contributed by atoms with Gasteiger partial charge in [0.2, 0.25) is 0 Å². The van der Waals surface area contributed by atoms with Crippen molar-refractivity contribution in [2.75, 3.05) is 11.9 Å². The first-order valence-corrected chi connectivity index (χ1v) is 7.67. The van der Waals surface area contributed by atoms with Crippen LogP contribution in [0.25, 0.3) is 0 Å². The van der Waals surface area contributed by atoms with Crippen LogP contribution in [-0.2, 0) is 0 Å². The molecule has 2 nitrogen and oxygen atoms in total. The van der Waals surface area contributed by atoms with Crippen molar-refractivity contribution in [1.29, 1.82) is 0 Å². The summed E-state index contributed by atoms with van der Waals surface area (Å²) in [6.45, 7) is 7.59. The molecule has 0 aliphatic carbocycles. The summed E-state index contributed by atoms with van der Waals surface area (Å²) in [5.41, 5.74) is 3.66. The van der Waals surface area contributed by atoms with Crippen LogP contribution in [0.5, 0.6) is 0 Å². The topological polar surface area (TPSA) is 15.3 Å². The molecule has 1 fully saturated rings. The maximum atomic E-state index is 5.60. The van der Waals surface area contributed by atoms with Crippen LogP contribution >= 0.6 is 12.2 Å². The highest BCUT2D eigenvalue weighted by Gasteiger charge is 2.22. The fraction of sp³-hybridized carbons (Fsp3) is 0.562. The van der Waals surface area contributed by atoms with E-state index in [2.05, 4.69) is 49.2 Å². The quantitative estimate of drug-likeness (QED) is 0.812. The van der Waals surface area contributed by atoms with Crippen LogP contribution in [0.3, 0.4) is 0 Å². The fourth-order valence-corrected chi connectivity index (χ4v) is 3.29. The van der Waals surface area contributed by atoms with Crippen molar-refractivity contribution >= 4 is 23.0 Å². The molecule has 1 aliphatic rings. The van der Waals surface area contributed by atoms with Crippen molar-refractivity contribution in [3.63, 3.8) is 0 Å². The summed E-state index contributed by atoms with van der Waals surface area (Å²) >= 11 is 5.60. The van der Waals surface area contributed by atoms with E-state index in [1.54, 1.807) is 0 Å². The predicted molar refractivity (Wildman–Crippen MR) is 86.8 cm³/mol. The lowest BCUT2D eigenvalue weighted by Crippen LogP contribution is -2.45. The average Bonchev–Trinajstić information content (AvgIpc) is 2.37. The third kappa shape index (κ3) is 3.69. The number of benzene rings is 1. The molecule has 1 heterocycles. The van der Waals surface area contributed by atoms with Gasteiger partial charge in [-0.2, -0.15) is 0 Å². The largest absolute Gasteiger partial charge is 0.346 e. The second-order valence-electron chi connectivity index (χ2n) is 5.56. The number of piperidine rings is 1. The molecule has 0 radical (unpaired) electrons. The molecule has 19 heavy (non-hydrogen) atoms. The minimum atomic E-state index is 0.611. The Morgan fingerprint density at radius 1 is 1.26 bits per heavy atom. The molecule has 0 unspecified atom stereocenters. The summed E-state index contributed by atoms with van der Waals surface area (Å²) in [6.07, 6.45) is 5.03. The normalized spacial score (nSPS) is 19.3. The van der Waals surface area contributed by atoms with Gasteiger partial charge in [0.25, 0.3) is 0 Å². The van der Waals surface area contributed by atoms with E-state index in [0.717, 1.165) is 17.3 Å². The summed E-state index contributed by atoms with van der Waals surface area (Å²) in [7, 11) is 0. The lowest BCUT2D eigenvalue weighted by molar-refractivity contribution is 0.239. The minimum absolute atomic E-state index is 0.611. The van der Waals surface area contributed by atoms with Gasteiger partial charge in [-0.1, -0.05) is 13.0 Å². The molecule has 1 aromatic carbocycles. The number of thiocarbonyl (C=S) groups is 1. The fourth-order valence-electron chi connectivity index (χ4n) is 2.93. The Balaban J connectivity index is 2.07. The smallest absolute Gasteiger partial charge is 0.173 e. The van der Waals surface area contributed by atoms with Gasteiger partial charge in [0.1, 0.15) is 0 Å². The zero-order valence-corrected chi connectivity index (χ0v) is 13.0. The molecular weight excluding hydrogens is 252 g/mol. The lowest BCUT2D eigenvalue weighted by atomic mass is 10.0. The Morgan fingerprint density at radius 3 is 2.58 bits per heavy atom. The number of aryl methyl sites for hydroxylation is 2. The number of nitrogens with one attached hydrogen (secondary N) is 1. The second-order valence-corrected chi connectivity index (χ2v) is 5.94. The van der Waals surface area contributed by atoms with Crippen LogP contribution in [0.2, 0.25) is 0 Å². The van der Waals surface area contributed by atoms with Crippen LogP contribution in [0.4, 0.5) is 5.69 Å². The average molecular weight is 276 g/mol. The number of hydrogen-bond acceptors (Lipinski definition) is 1. The maximum absolute atomic E-state index is 5.60. The summed E-state index contributed by atoms with van der Waals surface area (Å²) in [4.78, 5) is 2.37. The molecular formula is C16H24N2S. The molecule has 1 atom stereocenters. The van der Waals surface area contributed by atoms with Gasteiger partial charge in [0.05, 0.1) is 0 Å². The van der Waals surface area contributed by atoms with Gasteiger partial charge in [-0.05, 0) is 75.0 Å². The molecule has 1 aliphatic heterocycles. The summed E-state index contributed by atoms with van der Waals surface area (Å²) in [6, 6.07) is 7.11. The first-order chi connectivity index (χ1) is 9.10. The van der Waals surface area contributed by atoms with E-state index < -0.39 is 0 Å². The highest BCUT2D eigenvalue weighted by molar-refractivity contribution is 7.80. The standard InChI is InChI=1S/C16H24N2S/c1-4-15-7-5-6-8-18(15)16(19)17-14-10-12(2)9-13(3)11-14/h9-11,15H,4-8H2,1-3H3,(H,17,19)/t15-/m0/s1. The van der Waals surface area contributed by atoms with Crippen molar-refractivity contribution in [3.05, 3.63) is 29.3 Å². The van der Waals surface area contributed by atoms with E-state index in [1.165, 1.54) is 36.8 Å². The van der Waals surface area contributed by atoms with E-state index in [-0.39, 0.29) is 0 Å². The number of hydrogen-bond donors (Lipinski definition) is 1. The van der Waals surface area contributed by atoms with Crippen molar-refractivity contribution < 1.29 is 0 Å². The lowest BCUT2D eigenvalue weighted by Gasteiger charge is -2.37. The van der Waals surface area contributed by atoms with E-state index in [0.29, 0.717) is 6.04 Å². The molecule has 2 rings (SSSR count). The molecule has 0 spiro atoms. The predicted octanol–water partition coefficient (Wildman–Crippen LogP) is 4.26. The van der Waals surface area contributed by atoms with Crippen LogP contribution in [0, 0.1) is 13.8 Å². The van der Waals surface area contributed by atoms with Crippen molar-refractivity contribution in [3.8, 4) is 0 Å². The zero-order chi connectivity index (χ0) is 13.8. The Bertz CT molecular complexity index is 436. The van der Waals surface area contributed by atoms with E-state index in [9.17, 15) is 0 Å². The third-order valence-electron chi connectivity index (χ3n) is 3.83. The second kappa shape index (κ2) is 6.38. The molecule has 3 heteroatoms. The Labute approximate surface area is 122 Å². The van der Waals surface area contributed by atoms with Gasteiger partial charge in [0.15, 0.2) is 5.11 Å². The summed E-state index contributed by atoms with van der Waals surface area (Å²) < 4.78 is 0. The zero-order valence-electron chi connectivity index (χ0n) is 12.2. The van der Waals surface area contributed by atoms with Crippen molar-refractivity contribution in [2.24, 2.45) is 0 Å². The highest BCUT2D eigenvalue weighted by Crippen LogP contribution is 2.21. The van der Waals surface area contributed by atoms with Crippen molar-refractivity contribution in [2.45, 2.75) is 52.5 Å². The molecule has 1 N–H and O–H groups in total. The van der Waals surface area contributed by atoms with Crippen molar-refractivity contribution in [1.82, 2.24) is 4.90 Å².